The van der Waals surface area contributed by atoms with Gasteiger partial charge in [-0.3, -0.25) is 4.68 Å². The molecule has 1 fully saturated rings. The number of aryl methyl sites for hydroxylation is 1. The highest BCUT2D eigenvalue weighted by molar-refractivity contribution is 5.12. The van der Waals surface area contributed by atoms with E-state index in [2.05, 4.69) is 12.0 Å². The molecule has 4 heteroatoms. The average molecular weight is 209 g/mol. The summed E-state index contributed by atoms with van der Waals surface area (Å²) in [5.74, 6) is 0.444. The highest BCUT2D eigenvalue weighted by Gasteiger charge is 2.32. The van der Waals surface area contributed by atoms with Crippen molar-refractivity contribution in [2.45, 2.75) is 31.9 Å². The van der Waals surface area contributed by atoms with E-state index in [1.165, 1.54) is 0 Å². The van der Waals surface area contributed by atoms with Crippen LogP contribution < -0.4 is 5.73 Å². The van der Waals surface area contributed by atoms with Gasteiger partial charge in [0.25, 0.3) is 0 Å². The van der Waals surface area contributed by atoms with Crippen LogP contribution >= 0.6 is 0 Å². The molecule has 0 bridgehead atoms. The second kappa shape index (κ2) is 4.33. The monoisotopic (exact) mass is 209 g/mol. The van der Waals surface area contributed by atoms with Gasteiger partial charge in [-0.1, -0.05) is 6.92 Å². The topological polar surface area (TPSA) is 53.1 Å². The van der Waals surface area contributed by atoms with Crippen molar-refractivity contribution in [3.05, 3.63) is 18.0 Å². The zero-order valence-corrected chi connectivity index (χ0v) is 9.39. The molecule has 0 aromatic carbocycles. The minimum atomic E-state index is 0.0612. The first-order chi connectivity index (χ1) is 7.22. The molecule has 0 amide bonds. The number of nitrogens with two attached hydrogens (primary N) is 1. The summed E-state index contributed by atoms with van der Waals surface area (Å²) in [6.45, 7) is 3.00. The number of aromatic nitrogens is 2. The SMILES string of the molecule is CCC1OCCC1C(N)c1cnn(C)c1. The van der Waals surface area contributed by atoms with Gasteiger partial charge in [0.2, 0.25) is 0 Å². The second-order valence-electron chi connectivity index (χ2n) is 4.24. The quantitative estimate of drug-likeness (QED) is 0.814. The van der Waals surface area contributed by atoms with Gasteiger partial charge < -0.3 is 10.5 Å². The van der Waals surface area contributed by atoms with E-state index in [9.17, 15) is 0 Å². The lowest BCUT2D eigenvalue weighted by Gasteiger charge is -2.22. The lowest BCUT2D eigenvalue weighted by Crippen LogP contribution is -2.27. The van der Waals surface area contributed by atoms with E-state index in [-0.39, 0.29) is 6.04 Å². The molecule has 2 N–H and O–H groups in total. The number of nitrogens with zero attached hydrogens (tertiary/aromatic N) is 2. The van der Waals surface area contributed by atoms with Crippen molar-refractivity contribution in [3.63, 3.8) is 0 Å². The molecular weight excluding hydrogens is 190 g/mol. The first kappa shape index (κ1) is 10.6. The molecule has 84 valence electrons. The molecule has 1 aromatic heterocycles. The molecule has 1 aliphatic rings. The molecular formula is C11H19N3O. The smallest absolute Gasteiger partial charge is 0.0619 e. The fourth-order valence-electron chi connectivity index (χ4n) is 2.36. The van der Waals surface area contributed by atoms with Crippen molar-refractivity contribution in [2.24, 2.45) is 18.7 Å². The summed E-state index contributed by atoms with van der Waals surface area (Å²) < 4.78 is 7.45. The molecule has 0 aliphatic carbocycles. The zero-order chi connectivity index (χ0) is 10.8. The van der Waals surface area contributed by atoms with Gasteiger partial charge in [-0.05, 0) is 12.8 Å². The van der Waals surface area contributed by atoms with Crippen molar-refractivity contribution in [1.29, 1.82) is 0 Å². The standard InChI is InChI=1S/C11H19N3O/c1-3-10-9(4-5-15-10)11(12)8-6-13-14(2)7-8/h6-7,9-11H,3-5,12H2,1-2H3. The Bertz CT molecular complexity index is 323. The van der Waals surface area contributed by atoms with Gasteiger partial charge in [-0.15, -0.1) is 0 Å². The number of hydrogen-bond donors (Lipinski definition) is 1. The molecule has 2 rings (SSSR count). The lowest BCUT2D eigenvalue weighted by molar-refractivity contribution is 0.0813. The summed E-state index contributed by atoms with van der Waals surface area (Å²) in [6, 6.07) is 0.0612. The van der Waals surface area contributed by atoms with Crippen LogP contribution in [0.25, 0.3) is 0 Å². The van der Waals surface area contributed by atoms with Gasteiger partial charge in [0.1, 0.15) is 0 Å². The van der Waals surface area contributed by atoms with Crippen LogP contribution in [0, 0.1) is 5.92 Å². The maximum atomic E-state index is 6.25. The molecule has 1 aromatic rings. The van der Waals surface area contributed by atoms with Crippen LogP contribution in [-0.4, -0.2) is 22.5 Å². The largest absolute Gasteiger partial charge is 0.378 e. The predicted octanol–water partition coefficient (Wildman–Crippen LogP) is 1.23. The minimum Gasteiger partial charge on any atom is -0.378 e. The van der Waals surface area contributed by atoms with Gasteiger partial charge in [0.15, 0.2) is 0 Å². The Morgan fingerprint density at radius 1 is 1.73 bits per heavy atom. The third-order valence-electron chi connectivity index (χ3n) is 3.23. The van der Waals surface area contributed by atoms with Gasteiger partial charge in [0, 0.05) is 37.4 Å². The fraction of sp³-hybridized carbons (Fsp3) is 0.727. The molecule has 0 spiro atoms. The maximum absolute atomic E-state index is 6.25. The van der Waals surface area contributed by atoms with Crippen LogP contribution in [0.1, 0.15) is 31.4 Å². The number of rotatable bonds is 3. The van der Waals surface area contributed by atoms with Gasteiger partial charge in [-0.25, -0.2) is 0 Å². The van der Waals surface area contributed by atoms with Crippen LogP contribution in [0.3, 0.4) is 0 Å². The van der Waals surface area contributed by atoms with E-state index >= 15 is 0 Å². The van der Waals surface area contributed by atoms with E-state index in [1.807, 2.05) is 19.4 Å². The van der Waals surface area contributed by atoms with Crippen LogP contribution in [0.15, 0.2) is 12.4 Å². The van der Waals surface area contributed by atoms with Crippen molar-refractivity contribution >= 4 is 0 Å². The third-order valence-corrected chi connectivity index (χ3v) is 3.23. The Balaban J connectivity index is 2.10. The Morgan fingerprint density at radius 2 is 2.53 bits per heavy atom. The summed E-state index contributed by atoms with van der Waals surface area (Å²) >= 11 is 0. The maximum Gasteiger partial charge on any atom is 0.0619 e. The van der Waals surface area contributed by atoms with Crippen molar-refractivity contribution < 1.29 is 4.74 Å². The Labute approximate surface area is 90.4 Å². The van der Waals surface area contributed by atoms with Crippen LogP contribution in [0.5, 0.6) is 0 Å². The van der Waals surface area contributed by atoms with Gasteiger partial charge in [0.05, 0.1) is 12.3 Å². The van der Waals surface area contributed by atoms with E-state index in [0.29, 0.717) is 12.0 Å². The summed E-state index contributed by atoms with van der Waals surface area (Å²) in [4.78, 5) is 0. The Morgan fingerprint density at radius 3 is 3.13 bits per heavy atom. The van der Waals surface area contributed by atoms with Crippen LogP contribution in [0.2, 0.25) is 0 Å². The average Bonchev–Trinajstić information content (AvgIpc) is 2.84. The first-order valence-electron chi connectivity index (χ1n) is 5.58. The van der Waals surface area contributed by atoms with E-state index in [1.54, 1.807) is 4.68 Å². The molecule has 3 atom stereocenters. The van der Waals surface area contributed by atoms with E-state index < -0.39 is 0 Å². The summed E-state index contributed by atoms with van der Waals surface area (Å²) in [5, 5.41) is 4.16. The van der Waals surface area contributed by atoms with Crippen LogP contribution in [0.4, 0.5) is 0 Å². The first-order valence-corrected chi connectivity index (χ1v) is 5.58. The molecule has 0 radical (unpaired) electrons. The molecule has 4 nitrogen and oxygen atoms in total. The number of hydrogen-bond acceptors (Lipinski definition) is 3. The van der Waals surface area contributed by atoms with Gasteiger partial charge >= 0.3 is 0 Å². The minimum absolute atomic E-state index is 0.0612. The fourth-order valence-corrected chi connectivity index (χ4v) is 2.36. The van der Waals surface area contributed by atoms with Crippen molar-refractivity contribution in [1.82, 2.24) is 9.78 Å². The Kier molecular flexibility index (Phi) is 3.07. The third kappa shape index (κ3) is 2.06. The summed E-state index contributed by atoms with van der Waals surface area (Å²) in [6.07, 6.45) is 6.28. The van der Waals surface area contributed by atoms with E-state index in [0.717, 1.165) is 25.0 Å². The normalized spacial score (nSPS) is 28.2. The lowest BCUT2D eigenvalue weighted by atomic mass is 9.89. The van der Waals surface area contributed by atoms with Crippen molar-refractivity contribution in [3.8, 4) is 0 Å². The van der Waals surface area contributed by atoms with Crippen LogP contribution in [-0.2, 0) is 11.8 Å². The van der Waals surface area contributed by atoms with Gasteiger partial charge in [-0.2, -0.15) is 5.10 Å². The zero-order valence-electron chi connectivity index (χ0n) is 9.39. The van der Waals surface area contributed by atoms with E-state index in [4.69, 9.17) is 10.5 Å². The molecule has 1 aliphatic heterocycles. The van der Waals surface area contributed by atoms with Crippen molar-refractivity contribution in [2.75, 3.05) is 6.61 Å². The predicted molar refractivity (Wildman–Crippen MR) is 58.3 cm³/mol. The second-order valence-corrected chi connectivity index (χ2v) is 4.24. The summed E-state index contributed by atoms with van der Waals surface area (Å²) in [7, 11) is 1.92. The molecule has 0 saturated carbocycles. The highest BCUT2D eigenvalue weighted by atomic mass is 16.5. The molecule has 15 heavy (non-hydrogen) atoms. The number of ether oxygens (including phenoxy) is 1. The molecule has 1 saturated heterocycles. The highest BCUT2D eigenvalue weighted by Crippen LogP contribution is 2.32. The summed E-state index contributed by atoms with van der Waals surface area (Å²) in [5.41, 5.74) is 7.36. The molecule has 2 heterocycles. The molecule has 3 unspecified atom stereocenters. The Hall–Kier alpha value is -0.870.